The fourth-order valence-corrected chi connectivity index (χ4v) is 2.15. The molecule has 0 heterocycles. The monoisotopic (exact) mass is 329 g/mol. The van der Waals surface area contributed by atoms with E-state index in [0.717, 1.165) is 0 Å². The Labute approximate surface area is 135 Å². The second kappa shape index (κ2) is 7.47. The molecule has 1 rings (SSSR count). The van der Waals surface area contributed by atoms with Crippen LogP contribution in [0.25, 0.3) is 0 Å². The molecule has 21 heavy (non-hydrogen) atoms. The summed E-state index contributed by atoms with van der Waals surface area (Å²) in [6.07, 6.45) is 0.134. The normalized spacial score (nSPS) is 10.7. The van der Waals surface area contributed by atoms with Crippen molar-refractivity contribution in [3.63, 3.8) is 0 Å². The maximum atomic E-state index is 11.9. The lowest BCUT2D eigenvalue weighted by atomic mass is 10.1. The Morgan fingerprint density at radius 2 is 2.00 bits per heavy atom. The molecule has 5 nitrogen and oxygen atoms in total. The summed E-state index contributed by atoms with van der Waals surface area (Å²) in [5, 5.41) is 3.94. The number of nitrogens with one attached hydrogen (secondary N) is 3. The average Bonchev–Trinajstić information content (AvgIpc) is 2.35. The van der Waals surface area contributed by atoms with Gasteiger partial charge in [-0.3, -0.25) is 15.6 Å². The van der Waals surface area contributed by atoms with E-state index in [1.807, 2.05) is 20.8 Å². The zero-order chi connectivity index (χ0) is 16.0. The predicted octanol–water partition coefficient (Wildman–Crippen LogP) is 2.18. The number of carbonyl (C=O) groups excluding carboxylic acids is 1. The third-order valence-electron chi connectivity index (χ3n) is 2.40. The lowest BCUT2D eigenvalue weighted by Gasteiger charge is -2.23. The number of carbonyl (C=O) groups is 1. The first-order valence-electron chi connectivity index (χ1n) is 6.40. The minimum Gasteiger partial charge on any atom is -0.496 e. The second-order valence-electron chi connectivity index (χ2n) is 5.51. The summed E-state index contributed by atoms with van der Waals surface area (Å²) in [5.41, 5.74) is 5.72. The minimum absolute atomic E-state index is 0.134. The highest BCUT2D eigenvalue weighted by Crippen LogP contribution is 2.22. The average molecular weight is 330 g/mol. The van der Waals surface area contributed by atoms with Crippen LogP contribution in [0.1, 0.15) is 26.3 Å². The molecule has 1 aromatic rings. The summed E-state index contributed by atoms with van der Waals surface area (Å²) in [6.45, 7) is 5.92. The van der Waals surface area contributed by atoms with Crippen molar-refractivity contribution in [3.05, 3.63) is 28.8 Å². The molecule has 116 valence electrons. The van der Waals surface area contributed by atoms with E-state index in [1.165, 1.54) is 0 Å². The van der Waals surface area contributed by atoms with Crippen LogP contribution in [0.5, 0.6) is 5.75 Å². The van der Waals surface area contributed by atoms with Crippen molar-refractivity contribution >= 4 is 34.8 Å². The summed E-state index contributed by atoms with van der Waals surface area (Å²) >= 11 is 11.0. The molecule has 0 aliphatic heterocycles. The zero-order valence-corrected chi connectivity index (χ0v) is 14.1. The molecule has 0 saturated carbocycles. The van der Waals surface area contributed by atoms with Gasteiger partial charge in [-0.15, -0.1) is 0 Å². The van der Waals surface area contributed by atoms with E-state index < -0.39 is 0 Å². The summed E-state index contributed by atoms with van der Waals surface area (Å²) < 4.78 is 5.20. The molecule has 0 bridgehead atoms. The lowest BCUT2D eigenvalue weighted by molar-refractivity contribution is -0.121. The van der Waals surface area contributed by atoms with Crippen molar-refractivity contribution in [2.45, 2.75) is 32.7 Å². The van der Waals surface area contributed by atoms with Gasteiger partial charge in [0.05, 0.1) is 13.5 Å². The molecule has 0 aliphatic rings. The van der Waals surface area contributed by atoms with Gasteiger partial charge in [0, 0.05) is 16.1 Å². The van der Waals surface area contributed by atoms with Gasteiger partial charge in [0.15, 0.2) is 5.11 Å². The summed E-state index contributed by atoms with van der Waals surface area (Å²) in [4.78, 5) is 11.9. The fraction of sp³-hybridized carbons (Fsp3) is 0.429. The van der Waals surface area contributed by atoms with Gasteiger partial charge in [-0.1, -0.05) is 11.6 Å². The molecule has 0 aliphatic carbocycles. The Morgan fingerprint density at radius 1 is 1.33 bits per heavy atom. The van der Waals surface area contributed by atoms with Crippen LogP contribution in [0.4, 0.5) is 0 Å². The zero-order valence-electron chi connectivity index (χ0n) is 12.5. The van der Waals surface area contributed by atoms with Gasteiger partial charge >= 0.3 is 0 Å². The Hall–Kier alpha value is -1.53. The van der Waals surface area contributed by atoms with Crippen molar-refractivity contribution in [1.82, 2.24) is 16.2 Å². The van der Waals surface area contributed by atoms with Crippen molar-refractivity contribution in [2.75, 3.05) is 7.11 Å². The summed E-state index contributed by atoms with van der Waals surface area (Å²) in [5.74, 6) is 0.374. The smallest absolute Gasteiger partial charge is 0.242 e. The van der Waals surface area contributed by atoms with Crippen molar-refractivity contribution in [3.8, 4) is 5.75 Å². The van der Waals surface area contributed by atoms with Crippen LogP contribution in [-0.2, 0) is 11.2 Å². The van der Waals surface area contributed by atoms with Crippen LogP contribution in [0.3, 0.4) is 0 Å². The molecular formula is C14H20ClN3O2S. The SMILES string of the molecule is COc1ccc(Cl)cc1CC(=O)NNC(=S)NC(C)(C)C. The Kier molecular flexibility index (Phi) is 6.23. The van der Waals surface area contributed by atoms with Gasteiger partial charge in [0.25, 0.3) is 0 Å². The second-order valence-corrected chi connectivity index (χ2v) is 6.35. The quantitative estimate of drug-likeness (QED) is 0.586. The first-order chi connectivity index (χ1) is 9.71. The third-order valence-corrected chi connectivity index (χ3v) is 2.84. The van der Waals surface area contributed by atoms with Crippen molar-refractivity contribution in [2.24, 2.45) is 0 Å². The molecule has 0 radical (unpaired) electrons. The van der Waals surface area contributed by atoms with Crippen molar-refractivity contribution in [1.29, 1.82) is 0 Å². The van der Waals surface area contributed by atoms with E-state index in [1.54, 1.807) is 25.3 Å². The van der Waals surface area contributed by atoms with E-state index >= 15 is 0 Å². The van der Waals surface area contributed by atoms with Gasteiger partial charge in [0.2, 0.25) is 5.91 Å². The highest BCUT2D eigenvalue weighted by molar-refractivity contribution is 7.80. The number of rotatable bonds is 3. The van der Waals surface area contributed by atoms with Crippen LogP contribution in [0, 0.1) is 0 Å². The highest BCUT2D eigenvalue weighted by atomic mass is 35.5. The number of hydrogen-bond donors (Lipinski definition) is 3. The van der Waals surface area contributed by atoms with E-state index in [9.17, 15) is 4.79 Å². The molecule has 0 aromatic heterocycles. The number of thiocarbonyl (C=S) groups is 1. The molecule has 1 aromatic carbocycles. The van der Waals surface area contributed by atoms with Gasteiger partial charge in [-0.2, -0.15) is 0 Å². The molecule has 0 unspecified atom stereocenters. The largest absolute Gasteiger partial charge is 0.496 e. The first-order valence-corrected chi connectivity index (χ1v) is 7.19. The van der Waals surface area contributed by atoms with Crippen LogP contribution in [0.15, 0.2) is 18.2 Å². The van der Waals surface area contributed by atoms with Crippen molar-refractivity contribution < 1.29 is 9.53 Å². The fourth-order valence-electron chi connectivity index (χ4n) is 1.60. The maximum absolute atomic E-state index is 11.9. The number of methoxy groups -OCH3 is 1. The van der Waals surface area contributed by atoms with Gasteiger partial charge in [-0.05, 0) is 51.2 Å². The molecule has 1 amide bonds. The molecule has 3 N–H and O–H groups in total. The Morgan fingerprint density at radius 3 is 2.57 bits per heavy atom. The Balaban J connectivity index is 2.55. The number of hydrazine groups is 1. The van der Waals surface area contributed by atoms with Gasteiger partial charge in [-0.25, -0.2) is 0 Å². The number of halogens is 1. The number of hydrogen-bond acceptors (Lipinski definition) is 3. The lowest BCUT2D eigenvalue weighted by Crippen LogP contribution is -2.52. The topological polar surface area (TPSA) is 62.4 Å². The maximum Gasteiger partial charge on any atom is 0.242 e. The van der Waals surface area contributed by atoms with Crippen LogP contribution in [0.2, 0.25) is 5.02 Å². The molecule has 0 spiro atoms. The predicted molar refractivity (Wildman–Crippen MR) is 88.5 cm³/mol. The van der Waals surface area contributed by atoms with Crippen LogP contribution < -0.4 is 20.9 Å². The Bertz CT molecular complexity index is 529. The number of amides is 1. The molecule has 7 heteroatoms. The number of ether oxygens (including phenoxy) is 1. The minimum atomic E-state index is -0.242. The standard InChI is InChI=1S/C14H20ClN3O2S/c1-14(2,3)16-13(21)18-17-12(19)8-9-7-10(15)5-6-11(9)20-4/h5-7H,8H2,1-4H3,(H,17,19)(H2,16,18,21). The summed E-state index contributed by atoms with van der Waals surface area (Å²) in [7, 11) is 1.55. The molecular weight excluding hydrogens is 310 g/mol. The van der Waals surface area contributed by atoms with Crippen LogP contribution in [-0.4, -0.2) is 23.7 Å². The van der Waals surface area contributed by atoms with Gasteiger partial charge in [0.1, 0.15) is 5.75 Å². The molecule has 0 saturated heterocycles. The van der Waals surface area contributed by atoms with E-state index in [2.05, 4.69) is 16.2 Å². The molecule has 0 fully saturated rings. The third kappa shape index (κ3) is 6.64. The summed E-state index contributed by atoms with van der Waals surface area (Å²) in [6, 6.07) is 5.14. The van der Waals surface area contributed by atoms with Crippen LogP contribution >= 0.6 is 23.8 Å². The van der Waals surface area contributed by atoms with Gasteiger partial charge < -0.3 is 10.1 Å². The van der Waals surface area contributed by atoms with E-state index in [4.69, 9.17) is 28.6 Å². The van der Waals surface area contributed by atoms with E-state index in [-0.39, 0.29) is 17.9 Å². The van der Waals surface area contributed by atoms with E-state index in [0.29, 0.717) is 21.4 Å². The highest BCUT2D eigenvalue weighted by Gasteiger charge is 2.12. The molecule has 0 atom stereocenters. The number of benzene rings is 1. The first kappa shape index (κ1) is 17.5.